The fourth-order valence-corrected chi connectivity index (χ4v) is 3.88. The third-order valence-corrected chi connectivity index (χ3v) is 4.68. The molecule has 2 unspecified atom stereocenters. The summed E-state index contributed by atoms with van der Waals surface area (Å²) in [6.07, 6.45) is 4.39. The molecule has 0 aliphatic carbocycles. The summed E-state index contributed by atoms with van der Waals surface area (Å²) in [5.74, 6) is 0.832. The predicted octanol–water partition coefficient (Wildman–Crippen LogP) is 0.722. The lowest BCUT2D eigenvalue weighted by molar-refractivity contribution is 0.220. The van der Waals surface area contributed by atoms with Gasteiger partial charge in [0, 0.05) is 31.4 Å². The molecule has 1 aliphatic heterocycles. The van der Waals surface area contributed by atoms with Gasteiger partial charge in [-0.05, 0) is 18.3 Å². The van der Waals surface area contributed by atoms with Gasteiger partial charge in [-0.15, -0.1) is 0 Å². The lowest BCUT2D eigenvalue weighted by Gasteiger charge is -2.33. The van der Waals surface area contributed by atoms with Gasteiger partial charge in [-0.2, -0.15) is 22.5 Å². The lowest BCUT2D eigenvalue weighted by atomic mass is 9.94. The van der Waals surface area contributed by atoms with Crippen molar-refractivity contribution in [3.63, 3.8) is 0 Å². The first-order valence-electron chi connectivity index (χ1n) is 6.20. The van der Waals surface area contributed by atoms with Crippen molar-refractivity contribution in [2.75, 3.05) is 13.1 Å². The van der Waals surface area contributed by atoms with Crippen LogP contribution in [0.1, 0.15) is 25.8 Å². The molecule has 2 N–H and O–H groups in total. The van der Waals surface area contributed by atoms with E-state index in [4.69, 9.17) is 0 Å². The monoisotopic (exact) mass is 272 g/mol. The Morgan fingerprint density at radius 2 is 2.11 bits per heavy atom. The van der Waals surface area contributed by atoms with Gasteiger partial charge in [0.15, 0.2) is 0 Å². The molecular weight excluding hydrogens is 252 g/mol. The van der Waals surface area contributed by atoms with Crippen molar-refractivity contribution < 1.29 is 8.42 Å². The standard InChI is InChI=1S/C11H20N4O2S/c1-9-3-10(2)8-15(7-9)18(16,17)14-6-11-4-12-13-5-11/h4-5,9-10,14H,3,6-8H2,1-2H3,(H,12,13). The molecule has 1 aromatic heterocycles. The molecule has 2 heterocycles. The van der Waals surface area contributed by atoms with Crippen LogP contribution in [-0.4, -0.2) is 36.0 Å². The van der Waals surface area contributed by atoms with Crippen molar-refractivity contribution in [1.82, 2.24) is 19.2 Å². The van der Waals surface area contributed by atoms with Crippen molar-refractivity contribution in [3.8, 4) is 0 Å². The average Bonchev–Trinajstić information content (AvgIpc) is 2.78. The maximum Gasteiger partial charge on any atom is 0.279 e. The summed E-state index contributed by atoms with van der Waals surface area (Å²) in [4.78, 5) is 0. The summed E-state index contributed by atoms with van der Waals surface area (Å²) in [5.41, 5.74) is 0.830. The van der Waals surface area contributed by atoms with Gasteiger partial charge in [0.2, 0.25) is 0 Å². The number of hydrogen-bond donors (Lipinski definition) is 2. The second-order valence-electron chi connectivity index (χ2n) is 5.20. The van der Waals surface area contributed by atoms with Crippen molar-refractivity contribution in [2.45, 2.75) is 26.8 Å². The molecule has 2 atom stereocenters. The average molecular weight is 272 g/mol. The zero-order chi connectivity index (χ0) is 13.2. The van der Waals surface area contributed by atoms with Crippen LogP contribution in [0.5, 0.6) is 0 Å². The van der Waals surface area contributed by atoms with Crippen LogP contribution < -0.4 is 4.72 Å². The van der Waals surface area contributed by atoms with Gasteiger partial charge in [0.1, 0.15) is 0 Å². The van der Waals surface area contributed by atoms with Gasteiger partial charge < -0.3 is 0 Å². The van der Waals surface area contributed by atoms with E-state index in [0.717, 1.165) is 12.0 Å². The largest absolute Gasteiger partial charge is 0.285 e. The molecule has 102 valence electrons. The fraction of sp³-hybridized carbons (Fsp3) is 0.727. The summed E-state index contributed by atoms with van der Waals surface area (Å²) in [5, 5.41) is 6.45. The first-order chi connectivity index (χ1) is 8.47. The van der Waals surface area contributed by atoms with Gasteiger partial charge in [-0.1, -0.05) is 13.8 Å². The van der Waals surface area contributed by atoms with E-state index in [1.165, 1.54) is 0 Å². The minimum absolute atomic E-state index is 0.276. The molecule has 0 radical (unpaired) electrons. The second-order valence-corrected chi connectivity index (χ2v) is 6.95. The van der Waals surface area contributed by atoms with Crippen LogP contribution in [0.15, 0.2) is 12.4 Å². The molecular formula is C11H20N4O2S. The van der Waals surface area contributed by atoms with Crippen LogP contribution in [0.2, 0.25) is 0 Å². The molecule has 6 nitrogen and oxygen atoms in total. The van der Waals surface area contributed by atoms with Gasteiger partial charge in [-0.3, -0.25) is 5.10 Å². The van der Waals surface area contributed by atoms with Crippen LogP contribution in [0, 0.1) is 11.8 Å². The van der Waals surface area contributed by atoms with E-state index in [1.54, 1.807) is 16.7 Å². The summed E-state index contributed by atoms with van der Waals surface area (Å²) in [6.45, 7) is 5.66. The molecule has 0 amide bonds. The van der Waals surface area contributed by atoms with Crippen molar-refractivity contribution >= 4 is 10.2 Å². The molecule has 0 spiro atoms. The normalized spacial score (nSPS) is 26.3. The van der Waals surface area contributed by atoms with Gasteiger partial charge >= 0.3 is 0 Å². The quantitative estimate of drug-likeness (QED) is 0.848. The summed E-state index contributed by atoms with van der Waals surface area (Å²) in [6, 6.07) is 0. The Kier molecular flexibility index (Phi) is 4.04. The van der Waals surface area contributed by atoms with Crippen molar-refractivity contribution in [1.29, 1.82) is 0 Å². The summed E-state index contributed by atoms with van der Waals surface area (Å²) < 4.78 is 28.5. The molecule has 1 aromatic rings. The number of piperidine rings is 1. The maximum absolute atomic E-state index is 12.2. The third kappa shape index (κ3) is 3.30. The summed E-state index contributed by atoms with van der Waals surface area (Å²) in [7, 11) is -3.38. The van der Waals surface area contributed by atoms with E-state index in [2.05, 4.69) is 28.8 Å². The van der Waals surface area contributed by atoms with E-state index in [-0.39, 0.29) is 6.54 Å². The Balaban J connectivity index is 1.97. The number of nitrogens with zero attached hydrogens (tertiary/aromatic N) is 2. The Hall–Kier alpha value is -0.920. The third-order valence-electron chi connectivity index (χ3n) is 3.19. The highest BCUT2D eigenvalue weighted by molar-refractivity contribution is 7.87. The zero-order valence-electron chi connectivity index (χ0n) is 10.8. The minimum atomic E-state index is -3.38. The van der Waals surface area contributed by atoms with E-state index in [9.17, 15) is 8.42 Å². The number of H-pyrrole nitrogens is 1. The lowest BCUT2D eigenvalue weighted by Crippen LogP contribution is -2.47. The highest BCUT2D eigenvalue weighted by atomic mass is 32.2. The summed E-state index contributed by atoms with van der Waals surface area (Å²) >= 11 is 0. The first kappa shape index (κ1) is 13.5. The number of aromatic nitrogens is 2. The van der Waals surface area contributed by atoms with Gasteiger partial charge in [0.25, 0.3) is 10.2 Å². The van der Waals surface area contributed by atoms with E-state index >= 15 is 0 Å². The van der Waals surface area contributed by atoms with Crippen molar-refractivity contribution in [2.24, 2.45) is 11.8 Å². The molecule has 0 saturated carbocycles. The van der Waals surface area contributed by atoms with E-state index in [0.29, 0.717) is 24.9 Å². The molecule has 1 aliphatic rings. The molecule has 1 fully saturated rings. The predicted molar refractivity (Wildman–Crippen MR) is 68.9 cm³/mol. The Labute approximate surface area is 108 Å². The topological polar surface area (TPSA) is 78.1 Å². The van der Waals surface area contributed by atoms with Crippen LogP contribution in [0.3, 0.4) is 0 Å². The Morgan fingerprint density at radius 3 is 2.67 bits per heavy atom. The zero-order valence-corrected chi connectivity index (χ0v) is 11.6. The number of rotatable bonds is 4. The van der Waals surface area contributed by atoms with Gasteiger partial charge in [-0.25, -0.2) is 0 Å². The number of nitrogens with one attached hydrogen (secondary N) is 2. The molecule has 2 rings (SSSR count). The fourth-order valence-electron chi connectivity index (χ4n) is 2.44. The smallest absolute Gasteiger partial charge is 0.279 e. The van der Waals surface area contributed by atoms with Crippen molar-refractivity contribution in [3.05, 3.63) is 18.0 Å². The number of aromatic amines is 1. The Bertz CT molecular complexity index is 461. The second kappa shape index (κ2) is 5.38. The molecule has 0 aromatic carbocycles. The highest BCUT2D eigenvalue weighted by Gasteiger charge is 2.30. The van der Waals surface area contributed by atoms with Crippen LogP contribution >= 0.6 is 0 Å². The molecule has 18 heavy (non-hydrogen) atoms. The first-order valence-corrected chi connectivity index (χ1v) is 7.64. The van der Waals surface area contributed by atoms with Crippen LogP contribution in [-0.2, 0) is 16.8 Å². The maximum atomic E-state index is 12.2. The number of hydrogen-bond acceptors (Lipinski definition) is 3. The SMILES string of the molecule is CC1CC(C)CN(S(=O)(=O)NCc2cn[nH]c2)C1. The molecule has 1 saturated heterocycles. The Morgan fingerprint density at radius 1 is 1.44 bits per heavy atom. The molecule has 7 heteroatoms. The van der Waals surface area contributed by atoms with E-state index in [1.807, 2.05) is 0 Å². The molecule has 0 bridgehead atoms. The van der Waals surface area contributed by atoms with Crippen LogP contribution in [0.25, 0.3) is 0 Å². The van der Waals surface area contributed by atoms with Crippen LogP contribution in [0.4, 0.5) is 0 Å². The highest BCUT2D eigenvalue weighted by Crippen LogP contribution is 2.22. The van der Waals surface area contributed by atoms with E-state index < -0.39 is 10.2 Å². The minimum Gasteiger partial charge on any atom is -0.285 e. The van der Waals surface area contributed by atoms with Gasteiger partial charge in [0.05, 0.1) is 6.20 Å².